The van der Waals surface area contributed by atoms with Crippen LogP contribution in [0.4, 0.5) is 4.79 Å². The van der Waals surface area contributed by atoms with Gasteiger partial charge in [-0.25, -0.2) is 4.79 Å². The summed E-state index contributed by atoms with van der Waals surface area (Å²) in [6.45, 7) is 5.83. The Labute approximate surface area is 122 Å². The Morgan fingerprint density at radius 3 is 2.45 bits per heavy atom. The number of amides is 1. The van der Waals surface area contributed by atoms with E-state index < -0.39 is 5.60 Å². The molecule has 3 heteroatoms. The number of carbonyl (C=O) groups is 1. The van der Waals surface area contributed by atoms with E-state index in [-0.39, 0.29) is 12.1 Å². The summed E-state index contributed by atoms with van der Waals surface area (Å²) in [5.74, 6) is 0.818. The Hall–Kier alpha value is -0.990. The molecule has 2 atom stereocenters. The molecular weight excluding hydrogens is 250 g/mol. The average Bonchev–Trinajstić information content (AvgIpc) is 2.22. The minimum absolute atomic E-state index is 0.115. The summed E-state index contributed by atoms with van der Waals surface area (Å²) in [5, 5.41) is 0. The Balaban J connectivity index is 1.75. The number of ether oxygens (including phenoxy) is 1. The van der Waals surface area contributed by atoms with Gasteiger partial charge in [-0.05, 0) is 65.2 Å². The molecule has 2 bridgehead atoms. The van der Waals surface area contributed by atoms with Crippen molar-refractivity contribution in [1.29, 1.82) is 0 Å². The van der Waals surface area contributed by atoms with Gasteiger partial charge < -0.3 is 4.74 Å². The SMILES string of the molecule is CC(C)(C)OC(=O)N1C2C=C(C3CCC3)CC1CCC2. The second-order valence-electron chi connectivity index (χ2n) is 7.61. The maximum atomic E-state index is 12.5. The van der Waals surface area contributed by atoms with Crippen molar-refractivity contribution in [1.82, 2.24) is 4.90 Å². The molecule has 0 aromatic heterocycles. The van der Waals surface area contributed by atoms with Crippen LogP contribution >= 0.6 is 0 Å². The van der Waals surface area contributed by atoms with Crippen molar-refractivity contribution in [2.75, 3.05) is 0 Å². The maximum absolute atomic E-state index is 12.5. The van der Waals surface area contributed by atoms with Gasteiger partial charge in [0.2, 0.25) is 0 Å². The molecule has 3 rings (SSSR count). The molecule has 1 saturated carbocycles. The van der Waals surface area contributed by atoms with Crippen LogP contribution in [0.25, 0.3) is 0 Å². The van der Waals surface area contributed by atoms with Crippen molar-refractivity contribution in [2.45, 2.75) is 83.4 Å². The lowest BCUT2D eigenvalue weighted by Crippen LogP contribution is -2.53. The summed E-state index contributed by atoms with van der Waals surface area (Å²) in [4.78, 5) is 14.5. The molecule has 2 unspecified atom stereocenters. The Morgan fingerprint density at radius 1 is 1.20 bits per heavy atom. The van der Waals surface area contributed by atoms with Crippen LogP contribution in [-0.4, -0.2) is 28.7 Å². The van der Waals surface area contributed by atoms with Gasteiger partial charge in [0.25, 0.3) is 0 Å². The summed E-state index contributed by atoms with van der Waals surface area (Å²) >= 11 is 0. The van der Waals surface area contributed by atoms with Gasteiger partial charge >= 0.3 is 6.09 Å². The van der Waals surface area contributed by atoms with Crippen LogP contribution in [-0.2, 0) is 4.74 Å². The van der Waals surface area contributed by atoms with Gasteiger partial charge in [0.15, 0.2) is 0 Å². The van der Waals surface area contributed by atoms with Crippen molar-refractivity contribution in [3.63, 3.8) is 0 Å². The lowest BCUT2D eigenvalue weighted by Gasteiger charge is -2.47. The molecule has 1 aliphatic carbocycles. The van der Waals surface area contributed by atoms with Crippen molar-refractivity contribution >= 4 is 6.09 Å². The van der Waals surface area contributed by atoms with Crippen LogP contribution in [0.5, 0.6) is 0 Å². The van der Waals surface area contributed by atoms with E-state index in [4.69, 9.17) is 4.74 Å². The number of hydrogen-bond acceptors (Lipinski definition) is 2. The largest absolute Gasteiger partial charge is 0.444 e. The molecular formula is C17H27NO2. The molecule has 112 valence electrons. The third-order valence-electron chi connectivity index (χ3n) is 4.90. The van der Waals surface area contributed by atoms with Gasteiger partial charge in [-0.3, -0.25) is 4.90 Å². The third kappa shape index (κ3) is 2.72. The van der Waals surface area contributed by atoms with E-state index in [1.165, 1.54) is 25.7 Å². The summed E-state index contributed by atoms with van der Waals surface area (Å²) in [6, 6.07) is 0.664. The zero-order valence-electron chi connectivity index (χ0n) is 13.0. The van der Waals surface area contributed by atoms with Gasteiger partial charge in [0, 0.05) is 6.04 Å². The lowest BCUT2D eigenvalue weighted by molar-refractivity contribution is -0.00243. The van der Waals surface area contributed by atoms with Crippen LogP contribution in [0.2, 0.25) is 0 Å². The lowest BCUT2D eigenvalue weighted by atomic mass is 9.73. The van der Waals surface area contributed by atoms with Crippen molar-refractivity contribution in [2.24, 2.45) is 5.92 Å². The molecule has 0 aromatic rings. The van der Waals surface area contributed by atoms with Crippen LogP contribution in [0.3, 0.4) is 0 Å². The van der Waals surface area contributed by atoms with Gasteiger partial charge in [-0.1, -0.05) is 18.1 Å². The van der Waals surface area contributed by atoms with Crippen molar-refractivity contribution in [3.05, 3.63) is 11.6 Å². The third-order valence-corrected chi connectivity index (χ3v) is 4.90. The normalized spacial score (nSPS) is 30.6. The van der Waals surface area contributed by atoms with Crippen LogP contribution in [0, 0.1) is 5.92 Å². The number of piperidine rings is 1. The number of carbonyl (C=O) groups excluding carboxylic acids is 1. The fraction of sp³-hybridized carbons (Fsp3) is 0.824. The van der Waals surface area contributed by atoms with Gasteiger partial charge in [0.1, 0.15) is 5.60 Å². The molecule has 3 nitrogen and oxygen atoms in total. The number of nitrogens with zero attached hydrogens (tertiary/aromatic N) is 1. The first-order valence-electron chi connectivity index (χ1n) is 8.16. The van der Waals surface area contributed by atoms with E-state index in [2.05, 4.69) is 6.08 Å². The van der Waals surface area contributed by atoms with Crippen molar-refractivity contribution < 1.29 is 9.53 Å². The first-order valence-corrected chi connectivity index (χ1v) is 8.16. The van der Waals surface area contributed by atoms with E-state index in [0.717, 1.165) is 25.2 Å². The average molecular weight is 277 g/mol. The smallest absolute Gasteiger partial charge is 0.411 e. The zero-order valence-corrected chi connectivity index (χ0v) is 13.0. The van der Waals surface area contributed by atoms with Crippen LogP contribution < -0.4 is 0 Å². The second-order valence-corrected chi connectivity index (χ2v) is 7.61. The molecule has 20 heavy (non-hydrogen) atoms. The first kappa shape index (κ1) is 14.0. The van der Waals surface area contributed by atoms with Crippen LogP contribution in [0.15, 0.2) is 11.6 Å². The summed E-state index contributed by atoms with van der Waals surface area (Å²) < 4.78 is 5.61. The standard InChI is InChI=1S/C17H27NO2/c1-17(2,3)20-16(19)18-14-8-5-9-15(18)11-13(10-14)12-6-4-7-12/h10,12,14-15H,4-9,11H2,1-3H3. The van der Waals surface area contributed by atoms with E-state index in [9.17, 15) is 4.79 Å². The minimum Gasteiger partial charge on any atom is -0.444 e. The van der Waals surface area contributed by atoms with E-state index >= 15 is 0 Å². The fourth-order valence-corrected chi connectivity index (χ4v) is 3.74. The van der Waals surface area contributed by atoms with E-state index in [1.807, 2.05) is 25.7 Å². The second kappa shape index (κ2) is 5.09. The van der Waals surface area contributed by atoms with Gasteiger partial charge in [0.05, 0.1) is 6.04 Å². The van der Waals surface area contributed by atoms with E-state index in [1.54, 1.807) is 5.57 Å². The summed E-state index contributed by atoms with van der Waals surface area (Å²) in [6.07, 6.45) is 10.9. The Bertz CT molecular complexity index is 417. The number of rotatable bonds is 1. The molecule has 3 aliphatic rings. The highest BCUT2D eigenvalue weighted by Crippen LogP contribution is 2.42. The predicted octanol–water partition coefficient (Wildman–Crippen LogP) is 4.27. The molecule has 2 fully saturated rings. The Morgan fingerprint density at radius 2 is 1.90 bits per heavy atom. The van der Waals surface area contributed by atoms with Gasteiger partial charge in [-0.2, -0.15) is 0 Å². The molecule has 2 heterocycles. The molecule has 0 N–H and O–H groups in total. The number of fused-ring (bicyclic) bond motifs is 2. The van der Waals surface area contributed by atoms with Gasteiger partial charge in [-0.15, -0.1) is 0 Å². The zero-order chi connectivity index (χ0) is 14.3. The molecule has 0 spiro atoms. The predicted molar refractivity (Wildman–Crippen MR) is 79.5 cm³/mol. The number of hydrogen-bond donors (Lipinski definition) is 0. The molecule has 0 aromatic carbocycles. The quantitative estimate of drug-likeness (QED) is 0.670. The highest BCUT2D eigenvalue weighted by Gasteiger charge is 2.40. The minimum atomic E-state index is -0.399. The maximum Gasteiger partial charge on any atom is 0.411 e. The fourth-order valence-electron chi connectivity index (χ4n) is 3.74. The summed E-state index contributed by atoms with van der Waals surface area (Å²) in [5.41, 5.74) is 1.23. The molecule has 2 aliphatic heterocycles. The monoisotopic (exact) mass is 277 g/mol. The Kier molecular flexibility index (Phi) is 3.55. The first-order chi connectivity index (χ1) is 9.44. The van der Waals surface area contributed by atoms with Crippen LogP contribution in [0.1, 0.15) is 65.7 Å². The van der Waals surface area contributed by atoms with E-state index in [0.29, 0.717) is 6.04 Å². The molecule has 1 amide bonds. The highest BCUT2D eigenvalue weighted by molar-refractivity contribution is 5.70. The molecule has 1 saturated heterocycles. The van der Waals surface area contributed by atoms with Crippen molar-refractivity contribution in [3.8, 4) is 0 Å². The molecule has 0 radical (unpaired) electrons. The summed E-state index contributed by atoms with van der Waals surface area (Å²) in [7, 11) is 0. The highest BCUT2D eigenvalue weighted by atomic mass is 16.6. The topological polar surface area (TPSA) is 29.5 Å².